The highest BCUT2D eigenvalue weighted by Gasteiger charge is 2.22. The second kappa shape index (κ2) is 12.4. The van der Waals surface area contributed by atoms with Gasteiger partial charge < -0.3 is 9.80 Å². The lowest BCUT2D eigenvalue weighted by atomic mass is 10.1. The van der Waals surface area contributed by atoms with E-state index >= 15 is 0 Å². The maximum Gasteiger partial charge on any atom is 0.0637 e. The summed E-state index contributed by atoms with van der Waals surface area (Å²) in [6.45, 7) is 6.37. The molecule has 0 unspecified atom stereocenters. The molecule has 4 heteroatoms. The molecule has 2 heterocycles. The fourth-order valence-electron chi connectivity index (χ4n) is 6.53. The lowest BCUT2D eigenvalue weighted by molar-refractivity contribution is 1.18. The van der Waals surface area contributed by atoms with Crippen LogP contribution in [0.1, 0.15) is 17.4 Å². The fraction of sp³-hybridized carbons (Fsp3) is 0.0233. The largest absolute Gasteiger partial charge is 0.313 e. The van der Waals surface area contributed by atoms with Crippen LogP contribution in [0.2, 0.25) is 0 Å². The number of allylic oxidation sites excluding steroid dienone is 1. The molecular formula is C43H32N2S2. The molecule has 8 rings (SSSR count). The standard InChI is InChI=1S/C43H32N2S2/c1-3-39-36(34-23-13-14-27-40(34)46-39)29-30(2)44(31-17-7-4-8-18-31)38-26-15-24-35-42-37(25-16-28-41(42)47-43(35)38)45(32-19-9-5-10-20-32)33-21-11-6-12-22-33/h3-29H,1H2,2H3/b30-29+. The SMILES string of the molecule is C=Cc1sc2ccccc2c1/C=C(\C)N(c1ccccc1)c1cccc2c1sc1cccc(N(c3ccccc3)c3ccccc3)c12. The van der Waals surface area contributed by atoms with Crippen molar-refractivity contribution in [1.29, 1.82) is 0 Å². The van der Waals surface area contributed by atoms with Crippen LogP contribution in [0, 0.1) is 0 Å². The molecule has 47 heavy (non-hydrogen) atoms. The molecule has 6 aromatic carbocycles. The molecule has 2 nitrogen and oxygen atoms in total. The topological polar surface area (TPSA) is 6.48 Å². The van der Waals surface area contributed by atoms with Gasteiger partial charge in [0.25, 0.3) is 0 Å². The van der Waals surface area contributed by atoms with Crippen molar-refractivity contribution in [2.45, 2.75) is 6.92 Å². The molecule has 0 aliphatic carbocycles. The van der Waals surface area contributed by atoms with Gasteiger partial charge in [-0.25, -0.2) is 0 Å². The summed E-state index contributed by atoms with van der Waals surface area (Å²) in [6, 6.07) is 54.1. The summed E-state index contributed by atoms with van der Waals surface area (Å²) < 4.78 is 3.79. The van der Waals surface area contributed by atoms with Crippen molar-refractivity contribution in [3.05, 3.63) is 174 Å². The van der Waals surface area contributed by atoms with Gasteiger partial charge in [-0.15, -0.1) is 22.7 Å². The summed E-state index contributed by atoms with van der Waals surface area (Å²) in [7, 11) is 0. The van der Waals surface area contributed by atoms with Crippen LogP contribution >= 0.6 is 22.7 Å². The van der Waals surface area contributed by atoms with Gasteiger partial charge in [-0.1, -0.05) is 104 Å². The molecule has 0 saturated carbocycles. The number of fused-ring (bicyclic) bond motifs is 4. The second-order valence-corrected chi connectivity index (χ2v) is 13.6. The highest BCUT2D eigenvalue weighted by molar-refractivity contribution is 7.26. The number of thiophene rings is 2. The van der Waals surface area contributed by atoms with Gasteiger partial charge in [0, 0.05) is 58.8 Å². The summed E-state index contributed by atoms with van der Waals surface area (Å²) in [5.74, 6) is 0. The van der Waals surface area contributed by atoms with E-state index in [1.807, 2.05) is 17.4 Å². The number of hydrogen-bond acceptors (Lipinski definition) is 4. The van der Waals surface area contributed by atoms with Crippen molar-refractivity contribution in [2.75, 3.05) is 9.80 Å². The van der Waals surface area contributed by atoms with E-state index in [4.69, 9.17) is 0 Å². The average Bonchev–Trinajstić information content (AvgIpc) is 3.69. The van der Waals surface area contributed by atoms with Gasteiger partial charge in [0.05, 0.1) is 16.1 Å². The number of para-hydroxylation sites is 3. The first kappa shape index (κ1) is 29.0. The Morgan fingerprint density at radius 3 is 1.79 bits per heavy atom. The van der Waals surface area contributed by atoms with Gasteiger partial charge in [0.2, 0.25) is 0 Å². The monoisotopic (exact) mass is 640 g/mol. The fourth-order valence-corrected chi connectivity index (χ4v) is 8.79. The molecule has 0 bridgehead atoms. The number of rotatable bonds is 8. The number of hydrogen-bond donors (Lipinski definition) is 0. The van der Waals surface area contributed by atoms with Crippen LogP contribution in [0.15, 0.2) is 164 Å². The second-order valence-electron chi connectivity index (χ2n) is 11.4. The average molecular weight is 641 g/mol. The summed E-state index contributed by atoms with van der Waals surface area (Å²) in [4.78, 5) is 5.97. The van der Waals surface area contributed by atoms with E-state index in [9.17, 15) is 0 Å². The van der Waals surface area contributed by atoms with Gasteiger partial charge in [-0.05, 0) is 73.7 Å². The Balaban J connectivity index is 1.36. The molecule has 0 N–H and O–H groups in total. The zero-order valence-electron chi connectivity index (χ0n) is 26.0. The zero-order valence-corrected chi connectivity index (χ0v) is 27.6. The Morgan fingerprint density at radius 1 is 0.553 bits per heavy atom. The minimum Gasteiger partial charge on any atom is -0.313 e. The molecule has 0 aliphatic rings. The van der Waals surface area contributed by atoms with Crippen LogP contribution in [-0.2, 0) is 0 Å². The minimum absolute atomic E-state index is 1.13. The lowest BCUT2D eigenvalue weighted by Gasteiger charge is -2.27. The molecule has 0 atom stereocenters. The summed E-state index contributed by atoms with van der Waals surface area (Å²) in [5.41, 5.74) is 8.08. The zero-order chi connectivity index (χ0) is 31.7. The molecule has 0 spiro atoms. The molecular weight excluding hydrogens is 609 g/mol. The van der Waals surface area contributed by atoms with Crippen molar-refractivity contribution in [2.24, 2.45) is 0 Å². The molecule has 226 valence electrons. The van der Waals surface area contributed by atoms with Crippen LogP contribution in [0.3, 0.4) is 0 Å². The Labute approximate surface area is 283 Å². The highest BCUT2D eigenvalue weighted by Crippen LogP contribution is 2.48. The molecule has 2 aromatic heterocycles. The third kappa shape index (κ3) is 5.22. The van der Waals surface area contributed by atoms with E-state index in [-0.39, 0.29) is 0 Å². The van der Waals surface area contributed by atoms with Crippen molar-refractivity contribution >= 4 is 93.5 Å². The van der Waals surface area contributed by atoms with E-state index in [0.29, 0.717) is 0 Å². The first-order valence-corrected chi connectivity index (χ1v) is 17.4. The van der Waals surface area contributed by atoms with Crippen LogP contribution in [0.5, 0.6) is 0 Å². The van der Waals surface area contributed by atoms with Crippen LogP contribution in [0.4, 0.5) is 28.4 Å². The van der Waals surface area contributed by atoms with E-state index in [0.717, 1.165) is 22.8 Å². The number of benzene rings is 6. The maximum absolute atomic E-state index is 4.15. The molecule has 8 aromatic rings. The highest BCUT2D eigenvalue weighted by atomic mass is 32.1. The quantitative estimate of drug-likeness (QED) is 0.163. The van der Waals surface area contributed by atoms with Crippen molar-refractivity contribution < 1.29 is 0 Å². The Morgan fingerprint density at radius 2 is 1.11 bits per heavy atom. The first-order chi connectivity index (χ1) is 23.2. The van der Waals surface area contributed by atoms with Gasteiger partial charge in [0.15, 0.2) is 0 Å². The summed E-state index contributed by atoms with van der Waals surface area (Å²) in [6.07, 6.45) is 4.31. The third-order valence-electron chi connectivity index (χ3n) is 8.56. The number of nitrogens with zero attached hydrogens (tertiary/aromatic N) is 2. The number of anilines is 5. The Bertz CT molecular complexity index is 2350. The van der Waals surface area contributed by atoms with Crippen molar-refractivity contribution in [3.63, 3.8) is 0 Å². The Kier molecular flexibility index (Phi) is 7.66. The minimum atomic E-state index is 1.13. The molecule has 0 fully saturated rings. The normalized spacial score (nSPS) is 11.7. The predicted molar refractivity (Wildman–Crippen MR) is 208 cm³/mol. The van der Waals surface area contributed by atoms with Crippen LogP contribution in [-0.4, -0.2) is 0 Å². The van der Waals surface area contributed by atoms with E-state index in [1.165, 1.54) is 52.1 Å². The Hall–Kier alpha value is -5.42. The van der Waals surface area contributed by atoms with E-state index in [2.05, 4.69) is 181 Å². The van der Waals surface area contributed by atoms with Gasteiger partial charge in [-0.3, -0.25) is 0 Å². The summed E-state index contributed by atoms with van der Waals surface area (Å²) >= 11 is 3.65. The molecule has 0 amide bonds. The van der Waals surface area contributed by atoms with Gasteiger partial charge in [-0.2, -0.15) is 0 Å². The maximum atomic E-state index is 4.15. The van der Waals surface area contributed by atoms with Crippen molar-refractivity contribution in [3.8, 4) is 0 Å². The van der Waals surface area contributed by atoms with Crippen molar-refractivity contribution in [1.82, 2.24) is 0 Å². The smallest absolute Gasteiger partial charge is 0.0637 e. The predicted octanol–water partition coefficient (Wildman–Crippen LogP) is 13.6. The van der Waals surface area contributed by atoms with E-state index < -0.39 is 0 Å². The first-order valence-electron chi connectivity index (χ1n) is 15.7. The van der Waals surface area contributed by atoms with Gasteiger partial charge in [0.1, 0.15) is 0 Å². The molecule has 0 saturated heterocycles. The molecule has 0 aliphatic heterocycles. The van der Waals surface area contributed by atoms with Crippen LogP contribution < -0.4 is 9.80 Å². The lowest BCUT2D eigenvalue weighted by Crippen LogP contribution is -2.14. The van der Waals surface area contributed by atoms with E-state index in [1.54, 1.807) is 11.3 Å². The van der Waals surface area contributed by atoms with Gasteiger partial charge >= 0.3 is 0 Å². The summed E-state index contributed by atoms with van der Waals surface area (Å²) in [5, 5.41) is 3.76. The molecule has 0 radical (unpaired) electrons. The third-order valence-corrected chi connectivity index (χ3v) is 10.9. The van der Waals surface area contributed by atoms with Crippen LogP contribution in [0.25, 0.3) is 42.4 Å².